The van der Waals surface area contributed by atoms with Crippen molar-refractivity contribution >= 4 is 5.91 Å². The van der Waals surface area contributed by atoms with Crippen LogP contribution in [0.4, 0.5) is 4.39 Å². The van der Waals surface area contributed by atoms with Gasteiger partial charge in [0.15, 0.2) is 0 Å². The molecule has 10 heteroatoms. The maximum absolute atomic E-state index is 14.3. The Morgan fingerprint density at radius 2 is 1.97 bits per heavy atom. The first kappa shape index (κ1) is 21.3. The van der Waals surface area contributed by atoms with Crippen molar-refractivity contribution in [3.8, 4) is 22.9 Å². The second-order valence-corrected chi connectivity index (χ2v) is 7.95. The van der Waals surface area contributed by atoms with Crippen LogP contribution < -0.4 is 5.32 Å². The number of aromatic nitrogens is 6. The van der Waals surface area contributed by atoms with Crippen LogP contribution in [0.3, 0.4) is 0 Å². The lowest BCUT2D eigenvalue weighted by atomic mass is 10.1. The summed E-state index contributed by atoms with van der Waals surface area (Å²) >= 11 is 0. The molecule has 0 aliphatic carbocycles. The summed E-state index contributed by atoms with van der Waals surface area (Å²) in [5.74, 6) is -0.202. The molecule has 4 rings (SSSR count). The third kappa shape index (κ3) is 4.12. The van der Waals surface area contributed by atoms with Gasteiger partial charge in [-0.15, -0.1) is 5.10 Å². The number of hydrogen-bond donors (Lipinski definition) is 2. The minimum Gasteiger partial charge on any atom is -0.394 e. The van der Waals surface area contributed by atoms with Crippen molar-refractivity contribution < 1.29 is 14.3 Å². The van der Waals surface area contributed by atoms with Crippen LogP contribution in [-0.2, 0) is 0 Å². The Morgan fingerprint density at radius 1 is 1.19 bits per heavy atom. The molecule has 0 unspecified atom stereocenters. The largest absolute Gasteiger partial charge is 0.394 e. The van der Waals surface area contributed by atoms with Crippen LogP contribution in [0.15, 0.2) is 55.1 Å². The fraction of sp³-hybridized carbons (Fsp3) is 0.227. The van der Waals surface area contributed by atoms with Crippen molar-refractivity contribution in [1.82, 2.24) is 34.8 Å². The SMILES string of the molecule is Cc1nnn(-c2ccccc2F)c1-c1cn(-c2ccc(C(=O)NC(C)(C)CO)cn2)cn1. The monoisotopic (exact) mass is 435 g/mol. The fourth-order valence-electron chi connectivity index (χ4n) is 3.11. The van der Waals surface area contributed by atoms with Crippen molar-refractivity contribution in [3.63, 3.8) is 0 Å². The Kier molecular flexibility index (Phi) is 5.54. The molecule has 0 bridgehead atoms. The van der Waals surface area contributed by atoms with E-state index in [9.17, 15) is 14.3 Å². The number of aliphatic hydroxyl groups is 1. The Labute approximate surface area is 183 Å². The van der Waals surface area contributed by atoms with E-state index in [1.807, 2.05) is 0 Å². The van der Waals surface area contributed by atoms with E-state index in [0.29, 0.717) is 28.5 Å². The zero-order valence-electron chi connectivity index (χ0n) is 17.8. The molecular weight excluding hydrogens is 413 g/mol. The molecule has 1 amide bonds. The Bertz CT molecular complexity index is 1260. The summed E-state index contributed by atoms with van der Waals surface area (Å²) in [5.41, 5.74) is 1.62. The molecule has 1 aromatic carbocycles. The van der Waals surface area contributed by atoms with E-state index < -0.39 is 11.4 Å². The third-order valence-electron chi connectivity index (χ3n) is 4.87. The first-order valence-corrected chi connectivity index (χ1v) is 9.90. The summed E-state index contributed by atoms with van der Waals surface area (Å²) in [6.07, 6.45) is 4.76. The van der Waals surface area contributed by atoms with Crippen LogP contribution in [0.1, 0.15) is 29.9 Å². The van der Waals surface area contributed by atoms with Gasteiger partial charge in [-0.2, -0.15) is 0 Å². The standard InChI is InChI=1S/C22H22FN7O2/c1-14-20(30(28-27-14)18-7-5-4-6-16(18)23)17-11-29(13-25-17)19-9-8-15(10-24-19)21(32)26-22(2,3)12-31/h4-11,13,31H,12H2,1-3H3,(H,26,32). The molecular formula is C22H22FN7O2. The summed E-state index contributed by atoms with van der Waals surface area (Å²) in [4.78, 5) is 21.1. The maximum Gasteiger partial charge on any atom is 0.253 e. The van der Waals surface area contributed by atoms with Crippen LogP contribution in [-0.4, -0.2) is 52.7 Å². The average molecular weight is 435 g/mol. The highest BCUT2D eigenvalue weighted by Crippen LogP contribution is 2.25. The summed E-state index contributed by atoms with van der Waals surface area (Å²) in [6.45, 7) is 5.04. The van der Waals surface area contributed by atoms with Gasteiger partial charge in [0.1, 0.15) is 35.0 Å². The molecule has 0 saturated heterocycles. The van der Waals surface area contributed by atoms with E-state index in [1.54, 1.807) is 68.2 Å². The molecule has 0 aliphatic rings. The third-order valence-corrected chi connectivity index (χ3v) is 4.87. The van der Waals surface area contributed by atoms with Gasteiger partial charge in [-0.3, -0.25) is 9.36 Å². The lowest BCUT2D eigenvalue weighted by Gasteiger charge is -2.23. The summed E-state index contributed by atoms with van der Waals surface area (Å²) in [7, 11) is 0. The number of benzene rings is 1. The van der Waals surface area contributed by atoms with Crippen LogP contribution >= 0.6 is 0 Å². The van der Waals surface area contributed by atoms with Crippen molar-refractivity contribution in [3.05, 3.63) is 72.2 Å². The number of aliphatic hydroxyl groups excluding tert-OH is 1. The van der Waals surface area contributed by atoms with Crippen LogP contribution in [0.2, 0.25) is 0 Å². The van der Waals surface area contributed by atoms with Crippen molar-refractivity contribution in [2.24, 2.45) is 0 Å². The number of carbonyl (C=O) groups excluding carboxylic acids is 1. The summed E-state index contributed by atoms with van der Waals surface area (Å²) < 4.78 is 17.4. The average Bonchev–Trinajstić information content (AvgIpc) is 3.40. The van der Waals surface area contributed by atoms with Gasteiger partial charge in [-0.05, 0) is 45.0 Å². The van der Waals surface area contributed by atoms with E-state index >= 15 is 0 Å². The van der Waals surface area contributed by atoms with Crippen LogP contribution in [0.25, 0.3) is 22.9 Å². The second-order valence-electron chi connectivity index (χ2n) is 7.95. The predicted molar refractivity (Wildman–Crippen MR) is 115 cm³/mol. The molecule has 2 N–H and O–H groups in total. The van der Waals surface area contributed by atoms with E-state index in [2.05, 4.69) is 25.6 Å². The van der Waals surface area contributed by atoms with Gasteiger partial charge < -0.3 is 10.4 Å². The van der Waals surface area contributed by atoms with E-state index in [4.69, 9.17) is 0 Å². The number of aryl methyl sites for hydroxylation is 1. The number of rotatable bonds is 6. The zero-order valence-corrected chi connectivity index (χ0v) is 17.8. The molecule has 164 valence electrons. The normalized spacial score (nSPS) is 11.5. The number of para-hydroxylation sites is 1. The van der Waals surface area contributed by atoms with Gasteiger partial charge in [0.05, 0.1) is 23.4 Å². The van der Waals surface area contributed by atoms with Crippen molar-refractivity contribution in [1.29, 1.82) is 0 Å². The van der Waals surface area contributed by atoms with Gasteiger partial charge in [0.2, 0.25) is 0 Å². The Balaban J connectivity index is 1.61. The number of pyridine rings is 1. The maximum atomic E-state index is 14.3. The minimum absolute atomic E-state index is 0.181. The summed E-state index contributed by atoms with van der Waals surface area (Å²) in [6, 6.07) is 9.64. The lowest BCUT2D eigenvalue weighted by molar-refractivity contribution is 0.0869. The number of hydrogen-bond acceptors (Lipinski definition) is 6. The van der Waals surface area contributed by atoms with Gasteiger partial charge in [0, 0.05) is 12.4 Å². The number of carbonyl (C=O) groups is 1. The highest BCUT2D eigenvalue weighted by Gasteiger charge is 2.21. The first-order valence-electron chi connectivity index (χ1n) is 9.90. The number of nitrogens with zero attached hydrogens (tertiary/aromatic N) is 6. The Morgan fingerprint density at radius 3 is 2.66 bits per heavy atom. The minimum atomic E-state index is -0.734. The second kappa shape index (κ2) is 8.31. The van der Waals surface area contributed by atoms with Gasteiger partial charge in [-0.1, -0.05) is 17.3 Å². The molecule has 0 atom stereocenters. The molecule has 0 radical (unpaired) electrons. The van der Waals surface area contributed by atoms with E-state index in [-0.39, 0.29) is 18.2 Å². The number of amides is 1. The van der Waals surface area contributed by atoms with Crippen LogP contribution in [0, 0.1) is 12.7 Å². The van der Waals surface area contributed by atoms with E-state index in [1.165, 1.54) is 16.9 Å². The van der Waals surface area contributed by atoms with Crippen molar-refractivity contribution in [2.75, 3.05) is 6.61 Å². The fourth-order valence-corrected chi connectivity index (χ4v) is 3.11. The molecule has 9 nitrogen and oxygen atoms in total. The quantitative estimate of drug-likeness (QED) is 0.481. The highest BCUT2D eigenvalue weighted by atomic mass is 19.1. The lowest BCUT2D eigenvalue weighted by Crippen LogP contribution is -2.46. The molecule has 32 heavy (non-hydrogen) atoms. The molecule has 0 fully saturated rings. The molecule has 3 heterocycles. The predicted octanol–water partition coefficient (Wildman–Crippen LogP) is 2.46. The highest BCUT2D eigenvalue weighted by molar-refractivity contribution is 5.94. The number of imidazole rings is 1. The van der Waals surface area contributed by atoms with Crippen molar-refractivity contribution in [2.45, 2.75) is 26.3 Å². The molecule has 3 aromatic heterocycles. The Hall–Kier alpha value is -3.92. The molecule has 0 spiro atoms. The van der Waals surface area contributed by atoms with Gasteiger partial charge in [0.25, 0.3) is 5.91 Å². The van der Waals surface area contributed by atoms with Crippen LogP contribution in [0.5, 0.6) is 0 Å². The smallest absolute Gasteiger partial charge is 0.253 e. The number of halogens is 1. The zero-order chi connectivity index (χ0) is 22.9. The topological polar surface area (TPSA) is 111 Å². The first-order chi connectivity index (χ1) is 15.3. The molecule has 0 aliphatic heterocycles. The van der Waals surface area contributed by atoms with Gasteiger partial charge >= 0.3 is 0 Å². The summed E-state index contributed by atoms with van der Waals surface area (Å²) in [5, 5.41) is 20.2. The molecule has 0 saturated carbocycles. The number of nitrogens with one attached hydrogen (secondary N) is 1. The molecule has 4 aromatic rings. The van der Waals surface area contributed by atoms with Gasteiger partial charge in [-0.25, -0.2) is 19.0 Å². The van der Waals surface area contributed by atoms with E-state index in [0.717, 1.165) is 0 Å².